The smallest absolute Gasteiger partial charge is 0.234 e. The number of benzene rings is 2. The van der Waals surface area contributed by atoms with Crippen LogP contribution in [0.3, 0.4) is 0 Å². The molecule has 1 aliphatic carbocycles. The molecule has 2 aromatic carbocycles. The molecule has 2 heteroatoms. The summed E-state index contributed by atoms with van der Waals surface area (Å²) in [6, 6.07) is 17.0. The van der Waals surface area contributed by atoms with Crippen molar-refractivity contribution in [3.63, 3.8) is 0 Å². The van der Waals surface area contributed by atoms with Crippen molar-refractivity contribution in [3.05, 3.63) is 70.8 Å². The van der Waals surface area contributed by atoms with E-state index in [4.69, 9.17) is 0 Å². The second-order valence-corrected chi connectivity index (χ2v) is 6.36. The van der Waals surface area contributed by atoms with Crippen LogP contribution >= 0.6 is 0 Å². The van der Waals surface area contributed by atoms with Crippen LogP contribution in [0.2, 0.25) is 0 Å². The van der Waals surface area contributed by atoms with Crippen molar-refractivity contribution in [1.82, 2.24) is 4.90 Å². The third kappa shape index (κ3) is 2.23. The normalized spacial score (nSPS) is 17.7. The maximum absolute atomic E-state index is 13.2. The van der Waals surface area contributed by atoms with Crippen LogP contribution in [-0.4, -0.2) is 23.9 Å². The van der Waals surface area contributed by atoms with Gasteiger partial charge in [0.15, 0.2) is 0 Å². The Morgan fingerprint density at radius 1 is 0.818 bits per heavy atom. The molecule has 2 nitrogen and oxygen atoms in total. The van der Waals surface area contributed by atoms with Crippen molar-refractivity contribution in [2.45, 2.75) is 31.6 Å². The molecule has 0 radical (unpaired) electrons. The molecule has 2 aromatic rings. The van der Waals surface area contributed by atoms with Gasteiger partial charge in [0.05, 0.1) is 5.92 Å². The molecular formula is C20H21NO. The van der Waals surface area contributed by atoms with Crippen LogP contribution in [0.25, 0.3) is 0 Å². The first-order valence-electron chi connectivity index (χ1n) is 8.29. The Balaban J connectivity index is 1.85. The van der Waals surface area contributed by atoms with E-state index in [0.717, 1.165) is 38.8 Å². The topological polar surface area (TPSA) is 20.3 Å². The van der Waals surface area contributed by atoms with Gasteiger partial charge in [-0.3, -0.25) is 4.79 Å². The van der Waals surface area contributed by atoms with E-state index in [1.807, 2.05) is 0 Å². The highest BCUT2D eigenvalue weighted by Gasteiger charge is 2.33. The Bertz CT molecular complexity index is 653. The molecule has 112 valence electrons. The van der Waals surface area contributed by atoms with Gasteiger partial charge < -0.3 is 4.90 Å². The highest BCUT2D eigenvalue weighted by Crippen LogP contribution is 2.36. The van der Waals surface area contributed by atoms with E-state index in [9.17, 15) is 4.79 Å². The van der Waals surface area contributed by atoms with Crippen molar-refractivity contribution in [1.29, 1.82) is 0 Å². The number of likely N-dealkylation sites (tertiary alicyclic amines) is 1. The van der Waals surface area contributed by atoms with Gasteiger partial charge in [0, 0.05) is 13.1 Å². The van der Waals surface area contributed by atoms with E-state index in [1.54, 1.807) is 0 Å². The summed E-state index contributed by atoms with van der Waals surface area (Å²) in [4.78, 5) is 15.3. The number of carbonyl (C=O) groups excluding carboxylic acids is 1. The van der Waals surface area contributed by atoms with E-state index < -0.39 is 0 Å². The maximum Gasteiger partial charge on any atom is 0.234 e. The Morgan fingerprint density at radius 3 is 1.86 bits per heavy atom. The number of hydrogen-bond donors (Lipinski definition) is 0. The molecule has 0 bridgehead atoms. The van der Waals surface area contributed by atoms with Crippen LogP contribution in [0.4, 0.5) is 0 Å². The lowest BCUT2D eigenvalue weighted by molar-refractivity contribution is -0.130. The highest BCUT2D eigenvalue weighted by molar-refractivity contribution is 5.88. The SMILES string of the molecule is O=C(C1c2ccccc2CCc2ccccc21)N1CCCC1. The summed E-state index contributed by atoms with van der Waals surface area (Å²) < 4.78 is 0. The number of rotatable bonds is 1. The molecule has 1 aliphatic heterocycles. The first-order valence-corrected chi connectivity index (χ1v) is 8.29. The first-order chi connectivity index (χ1) is 10.8. The average molecular weight is 291 g/mol. The molecule has 0 aromatic heterocycles. The summed E-state index contributed by atoms with van der Waals surface area (Å²) in [5.41, 5.74) is 5.08. The van der Waals surface area contributed by atoms with E-state index >= 15 is 0 Å². The van der Waals surface area contributed by atoms with Crippen LogP contribution in [0.15, 0.2) is 48.5 Å². The molecule has 22 heavy (non-hydrogen) atoms. The fourth-order valence-corrected chi connectivity index (χ4v) is 3.91. The number of fused-ring (bicyclic) bond motifs is 2. The van der Waals surface area contributed by atoms with Gasteiger partial charge in [-0.1, -0.05) is 48.5 Å². The minimum absolute atomic E-state index is 0.118. The molecule has 1 heterocycles. The lowest BCUT2D eigenvalue weighted by Crippen LogP contribution is -2.33. The molecule has 0 spiro atoms. The summed E-state index contributed by atoms with van der Waals surface area (Å²) in [6.07, 6.45) is 4.33. The second-order valence-electron chi connectivity index (χ2n) is 6.36. The zero-order valence-electron chi connectivity index (χ0n) is 12.8. The van der Waals surface area contributed by atoms with Crippen molar-refractivity contribution >= 4 is 5.91 Å². The standard InChI is InChI=1S/C20H21NO/c22-20(21-13-5-6-14-21)19-17-9-3-1-7-15(17)11-12-16-8-2-4-10-18(16)19/h1-4,7-10,19H,5-6,11-14H2. The van der Waals surface area contributed by atoms with Gasteiger partial charge in [0.1, 0.15) is 0 Å². The molecule has 0 unspecified atom stereocenters. The summed E-state index contributed by atoms with van der Waals surface area (Å²) in [5.74, 6) is 0.173. The summed E-state index contributed by atoms with van der Waals surface area (Å²) in [7, 11) is 0. The largest absolute Gasteiger partial charge is 0.342 e. The van der Waals surface area contributed by atoms with E-state index in [1.165, 1.54) is 22.3 Å². The molecule has 4 rings (SSSR count). The van der Waals surface area contributed by atoms with E-state index in [0.29, 0.717) is 5.91 Å². The summed E-state index contributed by atoms with van der Waals surface area (Å²) in [6.45, 7) is 1.83. The molecule has 1 saturated heterocycles. The van der Waals surface area contributed by atoms with Crippen LogP contribution in [-0.2, 0) is 17.6 Å². The van der Waals surface area contributed by atoms with Crippen molar-refractivity contribution in [3.8, 4) is 0 Å². The number of amides is 1. The monoisotopic (exact) mass is 291 g/mol. The summed E-state index contributed by atoms with van der Waals surface area (Å²) >= 11 is 0. The molecule has 2 aliphatic rings. The van der Waals surface area contributed by atoms with Gasteiger partial charge in [-0.2, -0.15) is 0 Å². The van der Waals surface area contributed by atoms with Gasteiger partial charge in [0.2, 0.25) is 5.91 Å². The van der Waals surface area contributed by atoms with Gasteiger partial charge in [-0.15, -0.1) is 0 Å². The van der Waals surface area contributed by atoms with Crippen LogP contribution < -0.4 is 0 Å². The minimum Gasteiger partial charge on any atom is -0.342 e. The van der Waals surface area contributed by atoms with Crippen LogP contribution in [0.1, 0.15) is 41.0 Å². The maximum atomic E-state index is 13.2. The molecule has 1 fully saturated rings. The lowest BCUT2D eigenvalue weighted by atomic mass is 9.87. The van der Waals surface area contributed by atoms with Gasteiger partial charge in [-0.05, 0) is 47.9 Å². The fraction of sp³-hybridized carbons (Fsp3) is 0.350. The summed E-state index contributed by atoms with van der Waals surface area (Å²) in [5, 5.41) is 0. The Hall–Kier alpha value is -2.09. The number of carbonyl (C=O) groups is 1. The number of nitrogens with zero attached hydrogens (tertiary/aromatic N) is 1. The van der Waals surface area contributed by atoms with Crippen molar-refractivity contribution in [2.75, 3.05) is 13.1 Å². The highest BCUT2D eigenvalue weighted by atomic mass is 16.2. The molecular weight excluding hydrogens is 270 g/mol. The number of aryl methyl sites for hydroxylation is 2. The molecule has 0 saturated carbocycles. The predicted octanol–water partition coefficient (Wildman–Crippen LogP) is 3.54. The minimum atomic E-state index is -0.118. The lowest BCUT2D eigenvalue weighted by Gasteiger charge is -2.25. The Morgan fingerprint density at radius 2 is 1.32 bits per heavy atom. The molecule has 0 N–H and O–H groups in total. The quantitative estimate of drug-likeness (QED) is 0.787. The zero-order chi connectivity index (χ0) is 14.9. The van der Waals surface area contributed by atoms with E-state index in [2.05, 4.69) is 53.4 Å². The van der Waals surface area contributed by atoms with Crippen LogP contribution in [0.5, 0.6) is 0 Å². The van der Waals surface area contributed by atoms with Crippen molar-refractivity contribution in [2.24, 2.45) is 0 Å². The first kappa shape index (κ1) is 13.6. The predicted molar refractivity (Wildman–Crippen MR) is 87.9 cm³/mol. The zero-order valence-corrected chi connectivity index (χ0v) is 12.8. The Labute approximate surface area is 131 Å². The number of hydrogen-bond acceptors (Lipinski definition) is 1. The van der Waals surface area contributed by atoms with Gasteiger partial charge in [0.25, 0.3) is 0 Å². The van der Waals surface area contributed by atoms with Crippen LogP contribution in [0, 0.1) is 0 Å². The Kier molecular flexibility index (Phi) is 3.45. The van der Waals surface area contributed by atoms with Crippen molar-refractivity contribution < 1.29 is 4.79 Å². The van der Waals surface area contributed by atoms with Gasteiger partial charge in [-0.25, -0.2) is 0 Å². The third-order valence-corrected chi connectivity index (χ3v) is 5.06. The van der Waals surface area contributed by atoms with Gasteiger partial charge >= 0.3 is 0 Å². The third-order valence-electron chi connectivity index (χ3n) is 5.06. The van der Waals surface area contributed by atoms with E-state index in [-0.39, 0.29) is 5.92 Å². The second kappa shape index (κ2) is 5.60. The molecule has 1 amide bonds. The molecule has 0 atom stereocenters. The average Bonchev–Trinajstić information content (AvgIpc) is 3.04. The fourth-order valence-electron chi connectivity index (χ4n) is 3.91.